The maximum Gasteiger partial charge on any atom is 0.180 e. The van der Waals surface area contributed by atoms with Crippen LogP contribution in [0.3, 0.4) is 0 Å². The lowest BCUT2D eigenvalue weighted by molar-refractivity contribution is 0.922. The summed E-state index contributed by atoms with van der Waals surface area (Å²) in [6, 6.07) is 12.0. The van der Waals surface area contributed by atoms with Gasteiger partial charge in [0.2, 0.25) is 0 Å². The van der Waals surface area contributed by atoms with Gasteiger partial charge in [-0.15, -0.1) is 0 Å². The van der Waals surface area contributed by atoms with Crippen molar-refractivity contribution in [2.24, 2.45) is 0 Å². The molecule has 0 spiro atoms. The van der Waals surface area contributed by atoms with Gasteiger partial charge in [0.25, 0.3) is 0 Å². The van der Waals surface area contributed by atoms with Crippen LogP contribution in [0.2, 0.25) is 0 Å². The number of fused-ring (bicyclic) bond motifs is 1. The fourth-order valence-electron chi connectivity index (χ4n) is 2.24. The second-order valence-corrected chi connectivity index (χ2v) is 4.54. The Hall–Kier alpha value is -3.07. The van der Waals surface area contributed by atoms with Crippen LogP contribution in [0.1, 0.15) is 6.42 Å². The highest BCUT2D eigenvalue weighted by atomic mass is 15.2. The molecule has 3 rings (SSSR count). The quantitative estimate of drug-likeness (QED) is 0.792. The van der Waals surface area contributed by atoms with Gasteiger partial charge >= 0.3 is 0 Å². The molecule has 0 amide bonds. The molecule has 0 bridgehead atoms. The normalized spacial score (nSPS) is 10.4. The van der Waals surface area contributed by atoms with E-state index in [0.717, 1.165) is 5.69 Å². The predicted octanol–water partition coefficient (Wildman–Crippen LogP) is 2.36. The van der Waals surface area contributed by atoms with Crippen LogP contribution >= 0.6 is 0 Å². The van der Waals surface area contributed by atoms with E-state index in [0.29, 0.717) is 30.2 Å². The lowest BCUT2D eigenvalue weighted by atomic mass is 10.2. The Labute approximate surface area is 122 Å². The molecule has 6 nitrogen and oxygen atoms in total. The zero-order valence-electron chi connectivity index (χ0n) is 11.3. The predicted molar refractivity (Wildman–Crippen MR) is 81.1 cm³/mol. The molecule has 0 aliphatic rings. The Morgan fingerprint density at radius 3 is 2.86 bits per heavy atom. The Balaban J connectivity index is 2.14. The maximum atomic E-state index is 8.89. The van der Waals surface area contributed by atoms with Crippen LogP contribution in [0.4, 0.5) is 17.3 Å². The highest BCUT2D eigenvalue weighted by Crippen LogP contribution is 2.27. The number of rotatable bonds is 4. The maximum absolute atomic E-state index is 8.89. The van der Waals surface area contributed by atoms with E-state index in [1.54, 1.807) is 12.4 Å². The molecule has 0 saturated carbocycles. The Morgan fingerprint density at radius 1 is 1.29 bits per heavy atom. The largest absolute Gasteiger partial charge is 0.382 e. The summed E-state index contributed by atoms with van der Waals surface area (Å²) in [6.45, 7) is 0.527. The molecule has 0 aliphatic heterocycles. The minimum absolute atomic E-state index is 0.387. The molecule has 2 heterocycles. The van der Waals surface area contributed by atoms with Gasteiger partial charge < -0.3 is 15.0 Å². The molecule has 6 heteroatoms. The van der Waals surface area contributed by atoms with Gasteiger partial charge in [-0.25, -0.2) is 9.97 Å². The van der Waals surface area contributed by atoms with E-state index >= 15 is 0 Å². The fourth-order valence-corrected chi connectivity index (χ4v) is 2.24. The zero-order valence-corrected chi connectivity index (χ0v) is 11.3. The Bertz CT molecular complexity index is 787. The number of nitrogens with two attached hydrogens (primary N) is 1. The summed E-state index contributed by atoms with van der Waals surface area (Å²) in [4.78, 5) is 10.7. The number of aromatic nitrogens is 3. The van der Waals surface area contributed by atoms with Crippen LogP contribution in [0, 0.1) is 11.3 Å². The topological polar surface area (TPSA) is 83.2 Å². The number of benzene rings is 1. The minimum atomic E-state index is 0.387. The first-order chi connectivity index (χ1) is 10.3. The number of nitriles is 1. The summed E-state index contributed by atoms with van der Waals surface area (Å²) in [5, 5.41) is 8.89. The van der Waals surface area contributed by atoms with Crippen LogP contribution in [-0.2, 0) is 0 Å². The average Bonchev–Trinajstić information content (AvgIpc) is 2.96. The molecule has 1 aromatic carbocycles. The third kappa shape index (κ3) is 2.49. The van der Waals surface area contributed by atoms with E-state index in [1.807, 2.05) is 45.8 Å². The highest BCUT2D eigenvalue weighted by Gasteiger charge is 2.16. The van der Waals surface area contributed by atoms with Gasteiger partial charge in [-0.1, -0.05) is 18.2 Å². The van der Waals surface area contributed by atoms with E-state index in [2.05, 4.69) is 16.0 Å². The molecule has 2 aromatic heterocycles. The van der Waals surface area contributed by atoms with E-state index in [-0.39, 0.29) is 0 Å². The van der Waals surface area contributed by atoms with Crippen molar-refractivity contribution in [2.75, 3.05) is 17.2 Å². The van der Waals surface area contributed by atoms with Crippen molar-refractivity contribution in [3.63, 3.8) is 0 Å². The van der Waals surface area contributed by atoms with Crippen molar-refractivity contribution >= 4 is 23.0 Å². The van der Waals surface area contributed by atoms with Gasteiger partial charge in [-0.3, -0.25) is 0 Å². The van der Waals surface area contributed by atoms with Gasteiger partial charge in [0.05, 0.1) is 18.7 Å². The Kier molecular flexibility index (Phi) is 3.39. The van der Waals surface area contributed by atoms with E-state index in [4.69, 9.17) is 11.0 Å². The summed E-state index contributed by atoms with van der Waals surface area (Å²) in [6.07, 6.45) is 5.63. The molecular formula is C15H14N6. The van der Waals surface area contributed by atoms with Gasteiger partial charge in [-0.05, 0) is 12.1 Å². The van der Waals surface area contributed by atoms with Gasteiger partial charge in [0, 0.05) is 24.6 Å². The van der Waals surface area contributed by atoms with E-state index in [9.17, 15) is 0 Å². The molecule has 0 unspecified atom stereocenters. The third-order valence-electron chi connectivity index (χ3n) is 3.15. The summed E-state index contributed by atoms with van der Waals surface area (Å²) >= 11 is 0. The summed E-state index contributed by atoms with van der Waals surface area (Å²) < 4.78 is 1.83. The van der Waals surface area contributed by atoms with Crippen molar-refractivity contribution < 1.29 is 0 Å². The van der Waals surface area contributed by atoms with Crippen molar-refractivity contribution in [2.45, 2.75) is 6.42 Å². The molecule has 3 aromatic rings. The van der Waals surface area contributed by atoms with Gasteiger partial charge in [-0.2, -0.15) is 5.26 Å². The number of para-hydroxylation sites is 1. The molecule has 0 saturated heterocycles. The molecule has 0 aliphatic carbocycles. The van der Waals surface area contributed by atoms with Crippen molar-refractivity contribution in [3.8, 4) is 6.07 Å². The fraction of sp³-hybridized carbons (Fsp3) is 0.133. The summed E-state index contributed by atoms with van der Waals surface area (Å²) in [5.74, 6) is 1.06. The number of hydrogen-bond acceptors (Lipinski definition) is 5. The lowest BCUT2D eigenvalue weighted by Crippen LogP contribution is -2.21. The van der Waals surface area contributed by atoms with Crippen molar-refractivity contribution in [1.29, 1.82) is 5.26 Å². The van der Waals surface area contributed by atoms with E-state index < -0.39 is 0 Å². The highest BCUT2D eigenvalue weighted by molar-refractivity contribution is 5.73. The standard InChI is InChI=1S/C15H14N6/c16-7-4-9-21(12-5-2-1-3-6-12)15-14-18-8-10-20(14)11-13(17)19-15/h1-3,5-6,8,10-11H,4,9,17H2. The van der Waals surface area contributed by atoms with Crippen LogP contribution in [0.15, 0.2) is 48.9 Å². The van der Waals surface area contributed by atoms with Gasteiger partial charge in [0.15, 0.2) is 11.5 Å². The third-order valence-corrected chi connectivity index (χ3v) is 3.15. The summed E-state index contributed by atoms with van der Waals surface area (Å²) in [5.41, 5.74) is 7.55. The summed E-state index contributed by atoms with van der Waals surface area (Å²) in [7, 11) is 0. The van der Waals surface area contributed by atoms with Gasteiger partial charge in [0.1, 0.15) is 5.82 Å². The molecule has 0 fully saturated rings. The molecule has 0 atom stereocenters. The second kappa shape index (κ2) is 5.51. The SMILES string of the molecule is N#CCCN(c1ccccc1)c1nc(N)cn2ccnc12. The van der Waals surface area contributed by atoms with Crippen molar-refractivity contribution in [3.05, 3.63) is 48.9 Å². The first-order valence-corrected chi connectivity index (χ1v) is 6.58. The number of nitrogen functional groups attached to an aromatic ring is 1. The molecular weight excluding hydrogens is 264 g/mol. The number of nitrogens with zero attached hydrogens (tertiary/aromatic N) is 5. The lowest BCUT2D eigenvalue weighted by Gasteiger charge is -2.23. The molecule has 0 radical (unpaired) electrons. The zero-order chi connectivity index (χ0) is 14.7. The van der Waals surface area contributed by atoms with Crippen molar-refractivity contribution in [1.82, 2.24) is 14.4 Å². The number of anilines is 3. The second-order valence-electron chi connectivity index (χ2n) is 4.54. The average molecular weight is 278 g/mol. The number of imidazole rings is 1. The smallest absolute Gasteiger partial charge is 0.180 e. The molecule has 2 N–H and O–H groups in total. The molecule has 104 valence electrons. The van der Waals surface area contributed by atoms with E-state index in [1.165, 1.54) is 0 Å². The van der Waals surface area contributed by atoms with Crippen LogP contribution in [-0.4, -0.2) is 20.9 Å². The Morgan fingerprint density at radius 2 is 2.10 bits per heavy atom. The first-order valence-electron chi connectivity index (χ1n) is 6.58. The minimum Gasteiger partial charge on any atom is -0.382 e. The van der Waals surface area contributed by atoms with Crippen LogP contribution in [0.25, 0.3) is 5.65 Å². The van der Waals surface area contributed by atoms with Crippen LogP contribution < -0.4 is 10.6 Å². The first kappa shape index (κ1) is 12.9. The van der Waals surface area contributed by atoms with Crippen LogP contribution in [0.5, 0.6) is 0 Å². The molecule has 21 heavy (non-hydrogen) atoms. The number of hydrogen-bond donors (Lipinski definition) is 1. The monoisotopic (exact) mass is 278 g/mol.